The van der Waals surface area contributed by atoms with Crippen LogP contribution in [0.2, 0.25) is 0 Å². The lowest BCUT2D eigenvalue weighted by Gasteiger charge is -2.04. The summed E-state index contributed by atoms with van der Waals surface area (Å²) >= 11 is 0. The average Bonchev–Trinajstić information content (AvgIpc) is 2.29. The number of rotatable bonds is 2. The molecule has 0 bridgehead atoms. The second-order valence-electron chi connectivity index (χ2n) is 3.84. The molecule has 0 atom stereocenters. The minimum atomic E-state index is -0.244. The Morgan fingerprint density at radius 3 is 2.76 bits per heavy atom. The molecule has 4 nitrogen and oxygen atoms in total. The van der Waals surface area contributed by atoms with Gasteiger partial charge in [-0.2, -0.15) is 0 Å². The van der Waals surface area contributed by atoms with Gasteiger partial charge in [-0.3, -0.25) is 4.79 Å². The van der Waals surface area contributed by atoms with E-state index in [0.717, 1.165) is 11.3 Å². The minimum absolute atomic E-state index is 0.244. The van der Waals surface area contributed by atoms with Gasteiger partial charge in [0.25, 0.3) is 5.91 Å². The van der Waals surface area contributed by atoms with Crippen molar-refractivity contribution in [3.05, 3.63) is 53.5 Å². The number of carbonyl (C=O) groups is 1. The fourth-order valence-corrected chi connectivity index (χ4v) is 1.45. The van der Waals surface area contributed by atoms with Gasteiger partial charge in [0, 0.05) is 11.9 Å². The van der Waals surface area contributed by atoms with Crippen LogP contribution in [0.4, 0.5) is 5.82 Å². The van der Waals surface area contributed by atoms with Crippen molar-refractivity contribution in [2.24, 2.45) is 0 Å². The second-order valence-corrected chi connectivity index (χ2v) is 3.84. The molecule has 0 aliphatic rings. The third-order valence-electron chi connectivity index (χ3n) is 2.28. The van der Waals surface area contributed by atoms with Crippen LogP contribution in [-0.4, -0.2) is 15.9 Å². The number of aryl methyl sites for hydroxylation is 2. The van der Waals surface area contributed by atoms with Gasteiger partial charge < -0.3 is 5.32 Å². The summed E-state index contributed by atoms with van der Waals surface area (Å²) in [7, 11) is 0. The molecule has 0 saturated heterocycles. The molecule has 0 aliphatic carbocycles. The molecule has 0 unspecified atom stereocenters. The van der Waals surface area contributed by atoms with Crippen LogP contribution in [0.25, 0.3) is 0 Å². The summed E-state index contributed by atoms with van der Waals surface area (Å²) in [4.78, 5) is 20.1. The number of amides is 1. The highest BCUT2D eigenvalue weighted by Crippen LogP contribution is 2.07. The van der Waals surface area contributed by atoms with Crippen molar-refractivity contribution in [2.75, 3.05) is 5.32 Å². The molecule has 1 amide bonds. The van der Waals surface area contributed by atoms with Gasteiger partial charge in [-0.1, -0.05) is 6.07 Å². The molecule has 1 N–H and O–H groups in total. The lowest BCUT2D eigenvalue weighted by molar-refractivity contribution is 0.102. The van der Waals surface area contributed by atoms with E-state index >= 15 is 0 Å². The number of nitrogens with one attached hydrogen (secondary N) is 1. The van der Waals surface area contributed by atoms with E-state index in [9.17, 15) is 4.79 Å². The van der Waals surface area contributed by atoms with Gasteiger partial charge in [-0.05, 0) is 43.7 Å². The van der Waals surface area contributed by atoms with Crippen molar-refractivity contribution < 1.29 is 4.79 Å². The van der Waals surface area contributed by atoms with Gasteiger partial charge in [0.2, 0.25) is 0 Å². The Hall–Kier alpha value is -2.23. The topological polar surface area (TPSA) is 54.9 Å². The fourth-order valence-electron chi connectivity index (χ4n) is 1.45. The van der Waals surface area contributed by atoms with E-state index in [1.807, 2.05) is 32.0 Å². The van der Waals surface area contributed by atoms with Gasteiger partial charge in [0.15, 0.2) is 0 Å². The molecule has 2 rings (SSSR count). The molecular formula is C13H13N3O. The summed E-state index contributed by atoms with van der Waals surface area (Å²) in [6.45, 7) is 3.80. The molecule has 2 aromatic rings. The molecule has 0 fully saturated rings. The van der Waals surface area contributed by atoms with Crippen molar-refractivity contribution >= 4 is 11.7 Å². The zero-order chi connectivity index (χ0) is 12.3. The van der Waals surface area contributed by atoms with E-state index in [4.69, 9.17) is 0 Å². The first-order valence-electron chi connectivity index (χ1n) is 5.33. The first-order chi connectivity index (χ1) is 8.15. The van der Waals surface area contributed by atoms with E-state index in [2.05, 4.69) is 15.3 Å². The number of pyridine rings is 2. The lowest BCUT2D eigenvalue weighted by atomic mass is 10.3. The SMILES string of the molecule is Cc1ccnc(NC(=O)c2cccc(C)n2)c1. The zero-order valence-corrected chi connectivity index (χ0v) is 9.77. The minimum Gasteiger partial charge on any atom is -0.305 e. The summed E-state index contributed by atoms with van der Waals surface area (Å²) in [5, 5.41) is 2.71. The van der Waals surface area contributed by atoms with Crippen LogP contribution in [-0.2, 0) is 0 Å². The summed E-state index contributed by atoms with van der Waals surface area (Å²) in [6.07, 6.45) is 1.66. The van der Waals surface area contributed by atoms with Gasteiger partial charge in [-0.25, -0.2) is 9.97 Å². The molecule has 0 saturated carbocycles. The average molecular weight is 227 g/mol. The molecule has 17 heavy (non-hydrogen) atoms. The standard InChI is InChI=1S/C13H13N3O/c1-9-6-7-14-12(8-9)16-13(17)11-5-3-4-10(2)15-11/h3-8H,1-2H3,(H,14,16,17). The molecule has 86 valence electrons. The second kappa shape index (κ2) is 4.74. The van der Waals surface area contributed by atoms with Crippen molar-refractivity contribution in [1.82, 2.24) is 9.97 Å². The van der Waals surface area contributed by atoms with Gasteiger partial charge in [0.05, 0.1) is 0 Å². The maximum Gasteiger partial charge on any atom is 0.275 e. The summed E-state index contributed by atoms with van der Waals surface area (Å²) in [6, 6.07) is 9.02. The Kier molecular flexibility index (Phi) is 3.14. The first-order valence-corrected chi connectivity index (χ1v) is 5.33. The molecule has 4 heteroatoms. The maximum atomic E-state index is 11.9. The van der Waals surface area contributed by atoms with E-state index in [1.54, 1.807) is 18.3 Å². The zero-order valence-electron chi connectivity index (χ0n) is 9.77. The molecule has 0 aromatic carbocycles. The van der Waals surface area contributed by atoms with E-state index in [1.165, 1.54) is 0 Å². The number of anilines is 1. The highest BCUT2D eigenvalue weighted by molar-refractivity contribution is 6.02. The highest BCUT2D eigenvalue weighted by atomic mass is 16.1. The molecule has 0 radical (unpaired) electrons. The summed E-state index contributed by atoms with van der Waals surface area (Å²) < 4.78 is 0. The summed E-state index contributed by atoms with van der Waals surface area (Å²) in [5.74, 6) is 0.296. The van der Waals surface area contributed by atoms with Crippen LogP contribution in [0, 0.1) is 13.8 Å². The number of nitrogens with zero attached hydrogens (tertiary/aromatic N) is 2. The van der Waals surface area contributed by atoms with E-state index in [-0.39, 0.29) is 5.91 Å². The molecule has 2 aromatic heterocycles. The largest absolute Gasteiger partial charge is 0.305 e. The Morgan fingerprint density at radius 2 is 2.06 bits per heavy atom. The number of hydrogen-bond acceptors (Lipinski definition) is 3. The van der Waals surface area contributed by atoms with Gasteiger partial charge in [0.1, 0.15) is 11.5 Å². The summed E-state index contributed by atoms with van der Waals surface area (Å²) in [5.41, 5.74) is 2.26. The van der Waals surface area contributed by atoms with Gasteiger partial charge >= 0.3 is 0 Å². The van der Waals surface area contributed by atoms with Crippen molar-refractivity contribution in [3.63, 3.8) is 0 Å². The quantitative estimate of drug-likeness (QED) is 0.856. The van der Waals surface area contributed by atoms with Crippen LogP contribution in [0.5, 0.6) is 0 Å². The highest BCUT2D eigenvalue weighted by Gasteiger charge is 2.07. The Bertz CT molecular complexity index is 552. The lowest BCUT2D eigenvalue weighted by Crippen LogP contribution is -2.14. The molecule has 0 aliphatic heterocycles. The smallest absolute Gasteiger partial charge is 0.275 e. The third-order valence-corrected chi connectivity index (χ3v) is 2.28. The Balaban J connectivity index is 2.17. The predicted octanol–water partition coefficient (Wildman–Crippen LogP) is 2.35. The van der Waals surface area contributed by atoms with Crippen LogP contribution in [0.3, 0.4) is 0 Å². The van der Waals surface area contributed by atoms with Crippen molar-refractivity contribution in [2.45, 2.75) is 13.8 Å². The van der Waals surface area contributed by atoms with Crippen LogP contribution >= 0.6 is 0 Å². The molecular weight excluding hydrogens is 214 g/mol. The van der Waals surface area contributed by atoms with E-state index in [0.29, 0.717) is 11.5 Å². The van der Waals surface area contributed by atoms with Gasteiger partial charge in [-0.15, -0.1) is 0 Å². The first kappa shape index (κ1) is 11.3. The van der Waals surface area contributed by atoms with E-state index < -0.39 is 0 Å². The third kappa shape index (κ3) is 2.87. The Morgan fingerprint density at radius 1 is 1.24 bits per heavy atom. The monoisotopic (exact) mass is 227 g/mol. The number of carbonyl (C=O) groups excluding carboxylic acids is 1. The normalized spacial score (nSPS) is 10.0. The van der Waals surface area contributed by atoms with Crippen LogP contribution in [0.1, 0.15) is 21.7 Å². The molecule has 0 spiro atoms. The maximum absolute atomic E-state index is 11.9. The van der Waals surface area contributed by atoms with Crippen molar-refractivity contribution in [1.29, 1.82) is 0 Å². The fraction of sp³-hybridized carbons (Fsp3) is 0.154. The molecule has 2 heterocycles. The predicted molar refractivity (Wildman–Crippen MR) is 65.9 cm³/mol. The van der Waals surface area contributed by atoms with Crippen molar-refractivity contribution in [3.8, 4) is 0 Å². The Labute approximate surface area is 99.7 Å². The number of hydrogen-bond donors (Lipinski definition) is 1. The van der Waals surface area contributed by atoms with Crippen LogP contribution in [0.15, 0.2) is 36.5 Å². The number of aromatic nitrogens is 2. The van der Waals surface area contributed by atoms with Crippen LogP contribution < -0.4 is 5.32 Å².